The van der Waals surface area contributed by atoms with Gasteiger partial charge in [-0.3, -0.25) is 19.7 Å². The summed E-state index contributed by atoms with van der Waals surface area (Å²) in [6.45, 7) is 3.97. The third-order valence-electron chi connectivity index (χ3n) is 4.24. The largest absolute Gasteiger partial charge is 0.319 e. The van der Waals surface area contributed by atoms with Crippen molar-refractivity contribution in [3.8, 4) is 0 Å². The second-order valence-electron chi connectivity index (χ2n) is 6.67. The summed E-state index contributed by atoms with van der Waals surface area (Å²) in [4.78, 5) is 35.1. The molecule has 0 aliphatic rings. The number of nitrogens with one attached hydrogen (secondary N) is 1. The number of non-ortho nitro benzene ring substituents is 1. The zero-order chi connectivity index (χ0) is 21.2. The number of Topliss-reactive ketones (excluding diaryl/α,β-unsaturated/α-hetero) is 1. The van der Waals surface area contributed by atoms with Crippen LogP contribution in [0.15, 0.2) is 60.3 Å². The van der Waals surface area contributed by atoms with Crippen LogP contribution in [-0.4, -0.2) is 16.6 Å². The molecule has 0 bridgehead atoms. The molecular formula is C23H24N2O4. The topological polar surface area (TPSA) is 89.3 Å². The van der Waals surface area contributed by atoms with Crippen molar-refractivity contribution in [3.63, 3.8) is 0 Å². The highest BCUT2D eigenvalue weighted by Crippen LogP contribution is 2.15. The molecule has 6 nitrogen and oxygen atoms in total. The first kappa shape index (κ1) is 21.8. The number of nitro groups is 1. The highest BCUT2D eigenvalue weighted by Gasteiger charge is 2.12. The number of ketones is 1. The maximum Gasteiger partial charge on any atom is 0.269 e. The van der Waals surface area contributed by atoms with Gasteiger partial charge in [0.25, 0.3) is 5.69 Å². The normalized spacial score (nSPS) is 11.4. The molecule has 6 heteroatoms. The Morgan fingerprint density at radius 3 is 2.24 bits per heavy atom. The molecule has 0 aliphatic carbocycles. The van der Waals surface area contributed by atoms with E-state index < -0.39 is 10.8 Å². The summed E-state index contributed by atoms with van der Waals surface area (Å²) in [7, 11) is 0. The van der Waals surface area contributed by atoms with Crippen LogP contribution < -0.4 is 5.32 Å². The predicted octanol–water partition coefficient (Wildman–Crippen LogP) is 4.83. The van der Waals surface area contributed by atoms with E-state index in [1.54, 1.807) is 24.3 Å². The van der Waals surface area contributed by atoms with E-state index in [-0.39, 0.29) is 17.2 Å². The van der Waals surface area contributed by atoms with Gasteiger partial charge in [-0.05, 0) is 48.8 Å². The molecule has 29 heavy (non-hydrogen) atoms. The third-order valence-corrected chi connectivity index (χ3v) is 4.24. The van der Waals surface area contributed by atoms with Gasteiger partial charge in [-0.15, -0.1) is 0 Å². The van der Waals surface area contributed by atoms with E-state index >= 15 is 0 Å². The van der Waals surface area contributed by atoms with E-state index in [1.165, 1.54) is 18.2 Å². The van der Waals surface area contributed by atoms with Crippen molar-refractivity contribution in [1.82, 2.24) is 5.32 Å². The van der Waals surface area contributed by atoms with E-state index in [9.17, 15) is 19.7 Å². The van der Waals surface area contributed by atoms with E-state index in [0.29, 0.717) is 18.4 Å². The van der Waals surface area contributed by atoms with Gasteiger partial charge in [0.05, 0.1) is 10.6 Å². The lowest BCUT2D eigenvalue weighted by atomic mass is 10.1. The molecule has 0 fully saturated rings. The molecule has 0 atom stereocenters. The van der Waals surface area contributed by atoms with Crippen molar-refractivity contribution in [3.05, 3.63) is 87.1 Å². The lowest BCUT2D eigenvalue weighted by Gasteiger charge is -2.08. The summed E-state index contributed by atoms with van der Waals surface area (Å²) in [5.74, 6) is -0.592. The highest BCUT2D eigenvalue weighted by atomic mass is 16.6. The number of amides is 1. The second kappa shape index (κ2) is 10.7. The molecule has 0 heterocycles. The molecule has 2 aromatic rings. The molecule has 150 valence electrons. The van der Waals surface area contributed by atoms with Crippen LogP contribution in [0.1, 0.15) is 42.9 Å². The molecule has 0 saturated heterocycles. The summed E-state index contributed by atoms with van der Waals surface area (Å²) in [6, 6.07) is 13.5. The van der Waals surface area contributed by atoms with E-state index in [1.807, 2.05) is 38.1 Å². The Hall–Kier alpha value is -3.54. The monoisotopic (exact) mass is 392 g/mol. The first-order chi connectivity index (χ1) is 13.9. The average Bonchev–Trinajstić information content (AvgIpc) is 2.71. The van der Waals surface area contributed by atoms with E-state index in [4.69, 9.17) is 0 Å². The first-order valence-corrected chi connectivity index (χ1v) is 9.44. The third kappa shape index (κ3) is 7.18. The lowest BCUT2D eigenvalue weighted by molar-refractivity contribution is -0.384. The average molecular weight is 392 g/mol. The molecule has 0 unspecified atom stereocenters. The standard InChI is InChI=1S/C23H24N2O4/c1-3-4-5-22(26)21(16-19-10-13-20(14-11-19)25(28)29)24-23(27)15-12-18-8-6-17(2)7-9-18/h6-16H,3-5H2,1-2H3,(H,24,27)/b15-12+,21-16-. The van der Waals surface area contributed by atoms with Gasteiger partial charge in [0.2, 0.25) is 5.91 Å². The number of nitrogens with zero attached hydrogens (tertiary/aromatic N) is 1. The van der Waals surface area contributed by atoms with Gasteiger partial charge >= 0.3 is 0 Å². The van der Waals surface area contributed by atoms with Crippen LogP contribution in [0.3, 0.4) is 0 Å². The summed E-state index contributed by atoms with van der Waals surface area (Å²) in [5, 5.41) is 13.4. The second-order valence-corrected chi connectivity index (χ2v) is 6.67. The summed E-state index contributed by atoms with van der Waals surface area (Å²) in [6.07, 6.45) is 6.48. The van der Waals surface area contributed by atoms with Crippen LogP contribution >= 0.6 is 0 Å². The molecule has 2 aromatic carbocycles. The van der Waals surface area contributed by atoms with Crippen LogP contribution in [0.2, 0.25) is 0 Å². The Bertz CT molecular complexity index is 926. The molecule has 0 aromatic heterocycles. The predicted molar refractivity (Wildman–Crippen MR) is 114 cm³/mol. The summed E-state index contributed by atoms with van der Waals surface area (Å²) >= 11 is 0. The number of aryl methyl sites for hydroxylation is 1. The molecule has 0 radical (unpaired) electrons. The Morgan fingerprint density at radius 1 is 1.03 bits per heavy atom. The van der Waals surface area contributed by atoms with E-state index in [0.717, 1.165) is 17.5 Å². The minimum absolute atomic E-state index is 0.0360. The van der Waals surface area contributed by atoms with Gasteiger partial charge in [-0.2, -0.15) is 0 Å². The van der Waals surface area contributed by atoms with Gasteiger partial charge in [-0.25, -0.2) is 0 Å². The number of hydrogen-bond acceptors (Lipinski definition) is 4. The Balaban J connectivity index is 2.18. The molecule has 0 saturated carbocycles. The van der Waals surface area contributed by atoms with Crippen molar-refractivity contribution in [2.24, 2.45) is 0 Å². The van der Waals surface area contributed by atoms with Crippen molar-refractivity contribution >= 4 is 29.5 Å². The quantitative estimate of drug-likeness (QED) is 0.376. The number of carbonyl (C=O) groups is 2. The SMILES string of the molecule is CCCCC(=O)/C(=C/c1ccc([N+](=O)[O-])cc1)NC(=O)/C=C/c1ccc(C)cc1. The van der Waals surface area contributed by atoms with Crippen LogP contribution in [0, 0.1) is 17.0 Å². The van der Waals surface area contributed by atoms with Gasteiger partial charge in [0.1, 0.15) is 0 Å². The number of carbonyl (C=O) groups excluding carboxylic acids is 2. The smallest absolute Gasteiger partial charge is 0.269 e. The Kier molecular flexibility index (Phi) is 8.03. The Morgan fingerprint density at radius 2 is 1.66 bits per heavy atom. The number of nitro benzene ring substituents is 1. The lowest BCUT2D eigenvalue weighted by Crippen LogP contribution is -2.25. The minimum Gasteiger partial charge on any atom is -0.319 e. The fourth-order valence-electron chi connectivity index (χ4n) is 2.54. The van der Waals surface area contributed by atoms with Crippen LogP contribution in [-0.2, 0) is 9.59 Å². The van der Waals surface area contributed by atoms with Gasteiger partial charge in [0.15, 0.2) is 5.78 Å². The summed E-state index contributed by atoms with van der Waals surface area (Å²) < 4.78 is 0. The number of unbranched alkanes of at least 4 members (excludes halogenated alkanes) is 1. The van der Waals surface area contributed by atoms with Gasteiger partial charge in [-0.1, -0.05) is 43.2 Å². The van der Waals surface area contributed by atoms with Crippen LogP contribution in [0.4, 0.5) is 5.69 Å². The van der Waals surface area contributed by atoms with Gasteiger partial charge < -0.3 is 5.32 Å². The maximum atomic E-state index is 12.5. The molecule has 0 spiro atoms. The first-order valence-electron chi connectivity index (χ1n) is 9.44. The number of rotatable bonds is 9. The fraction of sp³-hybridized carbons (Fsp3) is 0.217. The van der Waals surface area contributed by atoms with E-state index in [2.05, 4.69) is 5.32 Å². The zero-order valence-corrected chi connectivity index (χ0v) is 16.6. The highest BCUT2D eigenvalue weighted by molar-refractivity contribution is 6.05. The maximum absolute atomic E-state index is 12.5. The molecule has 0 aliphatic heterocycles. The minimum atomic E-state index is -0.488. The van der Waals surface area contributed by atoms with Crippen molar-refractivity contribution in [2.45, 2.75) is 33.1 Å². The zero-order valence-electron chi connectivity index (χ0n) is 16.6. The number of hydrogen-bond donors (Lipinski definition) is 1. The van der Waals surface area contributed by atoms with Crippen LogP contribution in [0.5, 0.6) is 0 Å². The van der Waals surface area contributed by atoms with Crippen LogP contribution in [0.25, 0.3) is 12.2 Å². The molecule has 1 amide bonds. The Labute approximate surface area is 170 Å². The number of benzene rings is 2. The van der Waals surface area contributed by atoms with Gasteiger partial charge in [0, 0.05) is 24.6 Å². The number of allylic oxidation sites excluding steroid dienone is 1. The molecule has 1 N–H and O–H groups in total. The molecular weight excluding hydrogens is 368 g/mol. The van der Waals surface area contributed by atoms with Crippen molar-refractivity contribution in [1.29, 1.82) is 0 Å². The fourth-order valence-corrected chi connectivity index (χ4v) is 2.54. The van der Waals surface area contributed by atoms with Crippen molar-refractivity contribution < 1.29 is 14.5 Å². The van der Waals surface area contributed by atoms with Crippen molar-refractivity contribution in [2.75, 3.05) is 0 Å². The summed E-state index contributed by atoms with van der Waals surface area (Å²) in [5.41, 5.74) is 2.74. The molecule has 2 rings (SSSR count).